The summed E-state index contributed by atoms with van der Waals surface area (Å²) >= 11 is 1.26. The van der Waals surface area contributed by atoms with E-state index in [4.69, 9.17) is 14.6 Å². The number of carbonyl (C=O) groups is 2. The lowest BCUT2D eigenvalue weighted by atomic mass is 10.1. The first-order valence-corrected chi connectivity index (χ1v) is 7.87. The number of para-hydroxylation sites is 1. The quantitative estimate of drug-likeness (QED) is 0.862. The van der Waals surface area contributed by atoms with Crippen LogP contribution < -0.4 is 14.8 Å². The van der Waals surface area contributed by atoms with E-state index in [1.54, 1.807) is 18.2 Å². The van der Waals surface area contributed by atoms with Crippen molar-refractivity contribution in [1.82, 2.24) is 10.3 Å². The van der Waals surface area contributed by atoms with Crippen LogP contribution in [0.1, 0.15) is 25.9 Å². The average Bonchev–Trinajstić information content (AvgIpc) is 3.03. The molecule has 8 heteroatoms. The van der Waals surface area contributed by atoms with Crippen molar-refractivity contribution in [2.45, 2.75) is 6.42 Å². The fourth-order valence-electron chi connectivity index (χ4n) is 2.15. The zero-order valence-electron chi connectivity index (χ0n) is 12.1. The van der Waals surface area contributed by atoms with E-state index in [0.717, 1.165) is 0 Å². The summed E-state index contributed by atoms with van der Waals surface area (Å²) in [5.41, 5.74) is 0.451. The average molecular weight is 334 g/mol. The normalized spacial score (nSPS) is 12.7. The SMILES string of the molecule is O=C(O)c1csc(CCNC(=O)c2cccc3c2OCCO3)n1. The fraction of sp³-hybridized carbons (Fsp3) is 0.267. The molecular formula is C15H14N2O5S. The number of hydrogen-bond acceptors (Lipinski definition) is 6. The van der Waals surface area contributed by atoms with Gasteiger partial charge in [-0.2, -0.15) is 0 Å². The lowest BCUT2D eigenvalue weighted by Gasteiger charge is -2.20. The largest absolute Gasteiger partial charge is 0.486 e. The van der Waals surface area contributed by atoms with Crippen LogP contribution >= 0.6 is 11.3 Å². The molecule has 0 spiro atoms. The molecule has 0 aliphatic carbocycles. The van der Waals surface area contributed by atoms with Crippen LogP contribution in [0.5, 0.6) is 11.5 Å². The Kier molecular flexibility index (Phi) is 4.42. The third-order valence-corrected chi connectivity index (χ3v) is 4.11. The van der Waals surface area contributed by atoms with Crippen molar-refractivity contribution in [2.75, 3.05) is 19.8 Å². The lowest BCUT2D eigenvalue weighted by Crippen LogP contribution is -2.27. The monoisotopic (exact) mass is 334 g/mol. The van der Waals surface area contributed by atoms with E-state index in [2.05, 4.69) is 10.3 Å². The summed E-state index contributed by atoms with van der Waals surface area (Å²) in [6.07, 6.45) is 0.468. The molecule has 0 atom stereocenters. The molecule has 2 N–H and O–H groups in total. The number of hydrogen-bond donors (Lipinski definition) is 2. The van der Waals surface area contributed by atoms with Gasteiger partial charge in [0, 0.05) is 18.3 Å². The van der Waals surface area contributed by atoms with Gasteiger partial charge in [-0.15, -0.1) is 11.3 Å². The Balaban J connectivity index is 1.60. The molecule has 3 rings (SSSR count). The van der Waals surface area contributed by atoms with Gasteiger partial charge in [0.2, 0.25) is 0 Å². The molecule has 2 heterocycles. The number of benzene rings is 1. The molecule has 120 valence electrons. The first kappa shape index (κ1) is 15.3. The van der Waals surface area contributed by atoms with E-state index < -0.39 is 5.97 Å². The van der Waals surface area contributed by atoms with Crippen molar-refractivity contribution >= 4 is 23.2 Å². The van der Waals surface area contributed by atoms with Crippen LogP contribution in [0, 0.1) is 0 Å². The molecule has 0 bridgehead atoms. The van der Waals surface area contributed by atoms with Crippen LogP contribution in [0.2, 0.25) is 0 Å². The highest BCUT2D eigenvalue weighted by Gasteiger charge is 2.20. The van der Waals surface area contributed by atoms with Gasteiger partial charge in [-0.25, -0.2) is 9.78 Å². The van der Waals surface area contributed by atoms with Crippen LogP contribution in [0.25, 0.3) is 0 Å². The van der Waals surface area contributed by atoms with Crippen molar-refractivity contribution in [3.63, 3.8) is 0 Å². The Morgan fingerprint density at radius 3 is 2.91 bits per heavy atom. The van der Waals surface area contributed by atoms with Crippen LogP contribution in [0.4, 0.5) is 0 Å². The van der Waals surface area contributed by atoms with E-state index in [9.17, 15) is 9.59 Å². The Hall–Kier alpha value is -2.61. The summed E-state index contributed by atoms with van der Waals surface area (Å²) in [5, 5.41) is 13.8. The molecule has 7 nitrogen and oxygen atoms in total. The molecule has 0 unspecified atom stereocenters. The van der Waals surface area contributed by atoms with Gasteiger partial charge < -0.3 is 19.9 Å². The maximum Gasteiger partial charge on any atom is 0.355 e. The van der Waals surface area contributed by atoms with Gasteiger partial charge >= 0.3 is 5.97 Å². The van der Waals surface area contributed by atoms with E-state index >= 15 is 0 Å². The van der Waals surface area contributed by atoms with Crippen LogP contribution in [-0.2, 0) is 6.42 Å². The van der Waals surface area contributed by atoms with Gasteiger partial charge in [0.1, 0.15) is 13.2 Å². The molecule has 1 aromatic carbocycles. The number of nitrogens with one attached hydrogen (secondary N) is 1. The molecule has 0 saturated carbocycles. The van der Waals surface area contributed by atoms with Crippen molar-refractivity contribution in [3.05, 3.63) is 39.8 Å². The number of aromatic carboxylic acids is 1. The second kappa shape index (κ2) is 6.66. The molecule has 1 amide bonds. The first-order chi connectivity index (χ1) is 11.1. The smallest absolute Gasteiger partial charge is 0.355 e. The summed E-state index contributed by atoms with van der Waals surface area (Å²) in [4.78, 5) is 27.0. The molecule has 23 heavy (non-hydrogen) atoms. The molecule has 1 aromatic heterocycles. The summed E-state index contributed by atoms with van der Waals surface area (Å²) in [5.74, 6) is -0.291. The van der Waals surface area contributed by atoms with Gasteiger partial charge in [0.15, 0.2) is 17.2 Å². The van der Waals surface area contributed by atoms with E-state index in [-0.39, 0.29) is 11.6 Å². The Morgan fingerprint density at radius 2 is 2.13 bits per heavy atom. The van der Waals surface area contributed by atoms with E-state index in [1.165, 1.54) is 16.7 Å². The molecular weight excluding hydrogens is 320 g/mol. The number of nitrogens with zero attached hydrogens (tertiary/aromatic N) is 1. The highest BCUT2D eigenvalue weighted by molar-refractivity contribution is 7.09. The number of amides is 1. The van der Waals surface area contributed by atoms with Crippen molar-refractivity contribution in [1.29, 1.82) is 0 Å². The minimum atomic E-state index is -1.05. The number of ether oxygens (including phenoxy) is 2. The summed E-state index contributed by atoms with van der Waals surface area (Å²) in [7, 11) is 0. The predicted octanol–water partition coefficient (Wildman–Crippen LogP) is 1.58. The predicted molar refractivity (Wildman–Crippen MR) is 82.5 cm³/mol. The minimum absolute atomic E-state index is 0.0269. The first-order valence-electron chi connectivity index (χ1n) is 6.99. The molecule has 2 aromatic rings. The van der Waals surface area contributed by atoms with Gasteiger partial charge in [-0.3, -0.25) is 4.79 Å². The number of carboxylic acids is 1. The summed E-state index contributed by atoms with van der Waals surface area (Å²) in [6, 6.07) is 5.17. The van der Waals surface area contributed by atoms with Gasteiger partial charge in [0.05, 0.1) is 10.6 Å². The summed E-state index contributed by atoms with van der Waals surface area (Å²) in [6.45, 7) is 1.23. The molecule has 0 radical (unpaired) electrons. The van der Waals surface area contributed by atoms with Crippen LogP contribution in [0.15, 0.2) is 23.6 Å². The van der Waals surface area contributed by atoms with Crippen LogP contribution in [-0.4, -0.2) is 41.7 Å². The number of fused-ring (bicyclic) bond motifs is 1. The topological polar surface area (TPSA) is 97.8 Å². The van der Waals surface area contributed by atoms with Gasteiger partial charge in [-0.05, 0) is 12.1 Å². The molecule has 0 fully saturated rings. The lowest BCUT2D eigenvalue weighted by molar-refractivity contribution is 0.0690. The Labute approximate surface area is 135 Å². The maximum atomic E-state index is 12.3. The third kappa shape index (κ3) is 3.42. The van der Waals surface area contributed by atoms with Gasteiger partial charge in [-0.1, -0.05) is 6.07 Å². The Bertz CT molecular complexity index is 743. The summed E-state index contributed by atoms with van der Waals surface area (Å²) < 4.78 is 11.0. The standard InChI is InChI=1S/C15H14N2O5S/c18-14(9-2-1-3-11-13(9)22-7-6-21-11)16-5-4-12-17-10(8-23-12)15(19)20/h1-3,8H,4-7H2,(H,16,18)(H,19,20). The van der Waals surface area contributed by atoms with Crippen molar-refractivity contribution in [2.24, 2.45) is 0 Å². The van der Waals surface area contributed by atoms with Gasteiger partial charge in [0.25, 0.3) is 5.91 Å². The highest BCUT2D eigenvalue weighted by Crippen LogP contribution is 2.33. The third-order valence-electron chi connectivity index (χ3n) is 3.21. The van der Waals surface area contributed by atoms with Crippen LogP contribution in [0.3, 0.4) is 0 Å². The van der Waals surface area contributed by atoms with E-state index in [0.29, 0.717) is 48.2 Å². The minimum Gasteiger partial charge on any atom is -0.486 e. The molecule has 1 aliphatic heterocycles. The molecule has 0 saturated heterocycles. The zero-order chi connectivity index (χ0) is 16.2. The Morgan fingerprint density at radius 1 is 1.30 bits per heavy atom. The zero-order valence-corrected chi connectivity index (χ0v) is 12.9. The fourth-order valence-corrected chi connectivity index (χ4v) is 2.93. The second-order valence-corrected chi connectivity index (χ2v) is 5.71. The number of rotatable bonds is 5. The number of carboxylic acid groups (broad SMARTS) is 1. The maximum absolute atomic E-state index is 12.3. The van der Waals surface area contributed by atoms with Crippen molar-refractivity contribution < 1.29 is 24.2 Å². The van der Waals surface area contributed by atoms with Crippen molar-refractivity contribution in [3.8, 4) is 11.5 Å². The van der Waals surface area contributed by atoms with E-state index in [1.807, 2.05) is 0 Å². The number of thiazole rings is 1. The number of carbonyl (C=O) groups excluding carboxylic acids is 1. The molecule has 1 aliphatic rings. The second-order valence-electron chi connectivity index (χ2n) is 4.77. The number of aromatic nitrogens is 1. The highest BCUT2D eigenvalue weighted by atomic mass is 32.1.